The van der Waals surface area contributed by atoms with Crippen LogP contribution in [0.1, 0.15) is 6.92 Å². The smallest absolute Gasteiger partial charge is 0.328 e. The summed E-state index contributed by atoms with van der Waals surface area (Å²) in [6.07, 6.45) is 1.38. The number of nitrogens with one attached hydrogen (secondary N) is 2. The number of nitrogens with zero attached hydrogens (tertiary/aromatic N) is 2. The number of halogens is 1. The first kappa shape index (κ1) is 18.7. The summed E-state index contributed by atoms with van der Waals surface area (Å²) in [6.45, 7) is 2.13. The highest BCUT2D eigenvalue weighted by atomic mass is 35.5. The van der Waals surface area contributed by atoms with Gasteiger partial charge < -0.3 is 14.3 Å². The van der Waals surface area contributed by atoms with E-state index in [1.165, 1.54) is 10.8 Å². The number of benzene rings is 2. The number of fused-ring (bicyclic) bond motifs is 1. The van der Waals surface area contributed by atoms with Crippen LogP contribution in [-0.2, 0) is 6.54 Å². The third-order valence-electron chi connectivity index (χ3n) is 4.33. The number of H-pyrrole nitrogens is 2. The van der Waals surface area contributed by atoms with E-state index in [0.29, 0.717) is 34.0 Å². The molecule has 0 unspecified atom stereocenters. The van der Waals surface area contributed by atoms with Gasteiger partial charge >= 0.3 is 5.69 Å². The summed E-state index contributed by atoms with van der Waals surface area (Å²) in [5.74, 6) is 1.11. The third kappa shape index (κ3) is 3.70. The Morgan fingerprint density at radius 1 is 1.00 bits per heavy atom. The van der Waals surface area contributed by atoms with Gasteiger partial charge in [-0.25, -0.2) is 9.78 Å². The summed E-state index contributed by atoms with van der Waals surface area (Å²) in [4.78, 5) is 45.7. The Hall–Kier alpha value is -3.65. The molecule has 0 fully saturated rings. The zero-order valence-corrected chi connectivity index (χ0v) is 16.0. The lowest BCUT2D eigenvalue weighted by Gasteiger charge is -2.08. The van der Waals surface area contributed by atoms with Crippen molar-refractivity contribution in [2.75, 3.05) is 0 Å². The van der Waals surface area contributed by atoms with E-state index in [9.17, 15) is 14.4 Å². The second-order valence-corrected chi connectivity index (χ2v) is 6.67. The molecule has 0 aliphatic carbocycles. The van der Waals surface area contributed by atoms with Crippen LogP contribution in [0.3, 0.4) is 0 Å². The van der Waals surface area contributed by atoms with Crippen LogP contribution in [-0.4, -0.2) is 19.5 Å². The van der Waals surface area contributed by atoms with Crippen LogP contribution in [0.25, 0.3) is 22.3 Å². The molecule has 2 heterocycles. The fourth-order valence-electron chi connectivity index (χ4n) is 2.86. The Balaban J connectivity index is 1.77. The van der Waals surface area contributed by atoms with Gasteiger partial charge in [0.05, 0.1) is 16.5 Å². The molecule has 0 bridgehead atoms. The van der Waals surface area contributed by atoms with Crippen molar-refractivity contribution in [3.05, 3.63) is 84.9 Å². The highest BCUT2D eigenvalue weighted by Gasteiger charge is 2.12. The van der Waals surface area contributed by atoms with Crippen molar-refractivity contribution in [3.8, 4) is 22.9 Å². The van der Waals surface area contributed by atoms with Gasteiger partial charge in [-0.15, -0.1) is 0 Å². The molecule has 0 amide bonds. The van der Waals surface area contributed by atoms with E-state index >= 15 is 0 Å². The number of hydrogen-bond acceptors (Lipinski definition) is 5. The molecule has 0 aliphatic rings. The second kappa shape index (κ2) is 7.40. The molecule has 0 saturated heterocycles. The van der Waals surface area contributed by atoms with E-state index in [-0.39, 0.29) is 11.4 Å². The topological polar surface area (TPSA) is 110 Å². The molecule has 2 aromatic heterocycles. The Labute approximate surface area is 168 Å². The molecule has 146 valence electrons. The van der Waals surface area contributed by atoms with Gasteiger partial charge in [-0.05, 0) is 49.4 Å². The number of aromatic nitrogens is 4. The molecule has 9 heteroatoms. The fourth-order valence-corrected chi connectivity index (χ4v) is 2.99. The van der Waals surface area contributed by atoms with Crippen LogP contribution >= 0.6 is 11.6 Å². The third-order valence-corrected chi connectivity index (χ3v) is 4.58. The zero-order valence-electron chi connectivity index (χ0n) is 15.2. The first-order valence-electron chi connectivity index (χ1n) is 8.76. The molecule has 8 nitrogen and oxygen atoms in total. The van der Waals surface area contributed by atoms with Gasteiger partial charge in [-0.3, -0.25) is 14.6 Å². The summed E-state index contributed by atoms with van der Waals surface area (Å²) in [5.41, 5.74) is -1.08. The van der Waals surface area contributed by atoms with Crippen molar-refractivity contribution in [2.24, 2.45) is 0 Å². The molecule has 0 atom stereocenters. The van der Waals surface area contributed by atoms with Crippen LogP contribution in [0.15, 0.2) is 63.0 Å². The minimum absolute atomic E-state index is 0.0809. The quantitative estimate of drug-likeness (QED) is 0.537. The molecule has 29 heavy (non-hydrogen) atoms. The van der Waals surface area contributed by atoms with Gasteiger partial charge in [0, 0.05) is 17.8 Å². The number of aryl methyl sites for hydroxylation is 1. The lowest BCUT2D eigenvalue weighted by molar-refractivity contribution is 0.483. The number of aromatic amines is 2. The summed E-state index contributed by atoms with van der Waals surface area (Å²) < 4.78 is 7.07. The molecule has 2 N–H and O–H groups in total. The predicted octanol–water partition coefficient (Wildman–Crippen LogP) is 2.91. The van der Waals surface area contributed by atoms with Gasteiger partial charge in [0.15, 0.2) is 0 Å². The minimum atomic E-state index is -0.620. The molecule has 0 spiro atoms. The van der Waals surface area contributed by atoms with Crippen molar-refractivity contribution >= 4 is 22.5 Å². The fraction of sp³-hybridized carbons (Fsp3) is 0.100. The average Bonchev–Trinajstić information content (AvgIpc) is 2.70. The van der Waals surface area contributed by atoms with Gasteiger partial charge in [0.2, 0.25) is 0 Å². The van der Waals surface area contributed by atoms with E-state index < -0.39 is 16.8 Å². The molecule has 2 aromatic carbocycles. The maximum atomic E-state index is 12.6. The van der Waals surface area contributed by atoms with Crippen LogP contribution in [0.4, 0.5) is 0 Å². The Morgan fingerprint density at radius 3 is 2.45 bits per heavy atom. The molecular weight excluding hydrogens is 396 g/mol. The predicted molar refractivity (Wildman–Crippen MR) is 110 cm³/mol. The van der Waals surface area contributed by atoms with E-state index in [1.54, 1.807) is 49.4 Å². The van der Waals surface area contributed by atoms with Crippen molar-refractivity contribution in [1.29, 1.82) is 0 Å². The Kier molecular flexibility index (Phi) is 4.77. The van der Waals surface area contributed by atoms with E-state index in [4.69, 9.17) is 16.3 Å². The lowest BCUT2D eigenvalue weighted by atomic mass is 10.2. The molecule has 0 aliphatic heterocycles. The summed E-state index contributed by atoms with van der Waals surface area (Å²) in [7, 11) is 0. The standard InChI is InChI=1S/C20H15ClN4O4/c1-2-25-10-15(19(27)24-20(25)28)17-22-16-8-7-13(9-14(16)18(26)23-17)29-12-5-3-11(21)4-6-12/h3-10H,2H2,1H3,(H,22,23,26)(H,24,27,28). The maximum Gasteiger partial charge on any atom is 0.328 e. The lowest BCUT2D eigenvalue weighted by Crippen LogP contribution is -2.30. The van der Waals surface area contributed by atoms with Gasteiger partial charge in [-0.1, -0.05) is 11.6 Å². The first-order chi connectivity index (χ1) is 13.9. The summed E-state index contributed by atoms with van der Waals surface area (Å²) in [6, 6.07) is 11.7. The first-order valence-corrected chi connectivity index (χ1v) is 9.14. The summed E-state index contributed by atoms with van der Waals surface area (Å²) >= 11 is 5.87. The Bertz CT molecular complexity index is 1390. The van der Waals surface area contributed by atoms with E-state index in [0.717, 1.165) is 0 Å². The van der Waals surface area contributed by atoms with Crippen molar-refractivity contribution < 1.29 is 4.74 Å². The van der Waals surface area contributed by atoms with E-state index in [1.807, 2.05) is 0 Å². The monoisotopic (exact) mass is 410 g/mol. The Morgan fingerprint density at radius 2 is 1.72 bits per heavy atom. The van der Waals surface area contributed by atoms with Gasteiger partial charge in [0.1, 0.15) is 17.3 Å². The van der Waals surface area contributed by atoms with Crippen molar-refractivity contribution in [1.82, 2.24) is 19.5 Å². The molecule has 0 radical (unpaired) electrons. The van der Waals surface area contributed by atoms with Crippen LogP contribution in [0.5, 0.6) is 11.5 Å². The van der Waals surface area contributed by atoms with Crippen LogP contribution < -0.4 is 21.5 Å². The SMILES string of the molecule is CCn1cc(-c2nc3ccc(Oc4ccc(Cl)cc4)cc3c(=O)[nH]2)c(=O)[nH]c1=O. The normalized spacial score (nSPS) is 11.0. The molecular formula is C20H15ClN4O4. The van der Waals surface area contributed by atoms with E-state index in [2.05, 4.69) is 15.0 Å². The highest BCUT2D eigenvalue weighted by Crippen LogP contribution is 2.25. The van der Waals surface area contributed by atoms with Crippen LogP contribution in [0.2, 0.25) is 5.02 Å². The minimum Gasteiger partial charge on any atom is -0.457 e. The number of ether oxygens (including phenoxy) is 1. The van der Waals surface area contributed by atoms with Gasteiger partial charge in [0.25, 0.3) is 11.1 Å². The van der Waals surface area contributed by atoms with Gasteiger partial charge in [-0.2, -0.15) is 0 Å². The molecule has 4 aromatic rings. The van der Waals surface area contributed by atoms with Crippen molar-refractivity contribution in [3.63, 3.8) is 0 Å². The number of hydrogen-bond donors (Lipinski definition) is 2. The highest BCUT2D eigenvalue weighted by molar-refractivity contribution is 6.30. The summed E-state index contributed by atoms with van der Waals surface area (Å²) in [5, 5.41) is 0.897. The maximum absolute atomic E-state index is 12.6. The second-order valence-electron chi connectivity index (χ2n) is 6.24. The molecule has 0 saturated carbocycles. The van der Waals surface area contributed by atoms with Crippen molar-refractivity contribution in [2.45, 2.75) is 13.5 Å². The average molecular weight is 411 g/mol. The van der Waals surface area contributed by atoms with Crippen LogP contribution in [0, 0.1) is 0 Å². The largest absolute Gasteiger partial charge is 0.457 e. The number of rotatable bonds is 4. The molecule has 4 rings (SSSR count). The zero-order chi connectivity index (χ0) is 20.5.